The summed E-state index contributed by atoms with van der Waals surface area (Å²) in [6.07, 6.45) is 9.01. The zero-order valence-electron chi connectivity index (χ0n) is 32.6. The first kappa shape index (κ1) is 37.5. The van der Waals surface area contributed by atoms with Gasteiger partial charge in [-0.15, -0.1) is 0 Å². The number of ether oxygens (including phenoxy) is 1. The van der Waals surface area contributed by atoms with Gasteiger partial charge in [-0.2, -0.15) is 0 Å². The Kier molecular flexibility index (Phi) is 9.15. The monoisotopic (exact) mass is 703 g/mol. The van der Waals surface area contributed by atoms with Crippen LogP contribution in [0.25, 0.3) is 0 Å². The van der Waals surface area contributed by atoms with Gasteiger partial charge in [0.05, 0.1) is 17.4 Å². The first-order chi connectivity index (χ1) is 23.6. The van der Waals surface area contributed by atoms with Crippen LogP contribution in [0.2, 0.25) is 0 Å². The molecule has 9 heteroatoms. The van der Waals surface area contributed by atoms with Crippen molar-refractivity contribution in [2.24, 2.45) is 50.7 Å². The van der Waals surface area contributed by atoms with Crippen LogP contribution in [0, 0.1) is 57.7 Å². The minimum absolute atomic E-state index is 0.0000890. The molecule has 1 aromatic rings. The number of hydrogen-bond donors (Lipinski definition) is 3. The Labute approximate surface area is 304 Å². The van der Waals surface area contributed by atoms with Gasteiger partial charge in [-0.25, -0.2) is 4.79 Å². The lowest BCUT2D eigenvalue weighted by Gasteiger charge is -2.70. The summed E-state index contributed by atoms with van der Waals surface area (Å²) in [6, 6.07) is 3.36. The lowest BCUT2D eigenvalue weighted by atomic mass is 9.34. The number of carbonyl (C=O) groups excluding carboxylic acids is 3. The highest BCUT2D eigenvalue weighted by Gasteiger charge is 2.69. The molecule has 1 heterocycles. The molecule has 280 valence electrons. The summed E-state index contributed by atoms with van der Waals surface area (Å²) in [4.78, 5) is 56.7. The number of nitrogens with one attached hydrogen (secondary N) is 2. The standard InChI is InChI=1S/C42H61N3O6/c1-24(2)33-28(46)22-42(45-36(50)44-26-15-20-43-25(3)21-26)19-18-40(9)27(34(33)42)11-12-30-39(8)16-14-31(51-32(47)23-37(4,5)35(48)49)38(6,7)29(39)13-17-41(30,40)10/h15,20-21,24,29-31,33H,11-14,16-19,22-23H2,1-10H3,(H,48,49)(H2,43,44,45,50)/t29-,30+,31-,33?,39-,40+,41+,42+/m0/s1. The van der Waals surface area contributed by atoms with E-state index in [1.54, 1.807) is 26.1 Å². The van der Waals surface area contributed by atoms with Crippen LogP contribution in [-0.4, -0.2) is 45.5 Å². The molecule has 9 nitrogen and oxygen atoms in total. The number of anilines is 1. The van der Waals surface area contributed by atoms with E-state index in [0.29, 0.717) is 23.9 Å². The van der Waals surface area contributed by atoms with E-state index in [2.05, 4.69) is 64.1 Å². The summed E-state index contributed by atoms with van der Waals surface area (Å²) >= 11 is 0. The number of hydrogen-bond acceptors (Lipinski definition) is 6. The van der Waals surface area contributed by atoms with E-state index in [9.17, 15) is 24.3 Å². The number of fused-ring (bicyclic) bond motifs is 6. The number of rotatable bonds is 7. The number of carbonyl (C=O) groups is 4. The van der Waals surface area contributed by atoms with Gasteiger partial charge in [-0.3, -0.25) is 19.4 Å². The van der Waals surface area contributed by atoms with Crippen LogP contribution >= 0.6 is 0 Å². The Balaban J connectivity index is 1.31. The number of carboxylic acids is 1. The minimum Gasteiger partial charge on any atom is -0.481 e. The van der Waals surface area contributed by atoms with E-state index in [1.807, 2.05) is 13.0 Å². The Hall–Kier alpha value is -3.23. The Bertz CT molecular complexity index is 1660. The van der Waals surface area contributed by atoms with Gasteiger partial charge in [-0.1, -0.05) is 54.0 Å². The predicted octanol–water partition coefficient (Wildman–Crippen LogP) is 8.66. The van der Waals surface area contributed by atoms with Crippen molar-refractivity contribution in [3.05, 3.63) is 35.2 Å². The van der Waals surface area contributed by atoms with E-state index in [-0.39, 0.29) is 57.8 Å². The van der Waals surface area contributed by atoms with E-state index >= 15 is 0 Å². The number of aryl methyl sites for hydroxylation is 1. The lowest BCUT2D eigenvalue weighted by molar-refractivity contribution is -0.214. The van der Waals surface area contributed by atoms with Crippen LogP contribution in [0.3, 0.4) is 0 Å². The number of aliphatic carboxylic acids is 1. The third kappa shape index (κ3) is 5.83. The fraction of sp³-hybridized carbons (Fsp3) is 0.738. The molecule has 2 amide bonds. The van der Waals surface area contributed by atoms with E-state index in [4.69, 9.17) is 4.74 Å². The fourth-order valence-electron chi connectivity index (χ4n) is 12.5. The molecule has 5 aliphatic rings. The average molecular weight is 704 g/mol. The molecular formula is C42H61N3O6. The first-order valence-electron chi connectivity index (χ1n) is 19.3. The van der Waals surface area contributed by atoms with Gasteiger partial charge < -0.3 is 20.5 Å². The third-order valence-corrected chi connectivity index (χ3v) is 15.2. The number of urea groups is 1. The van der Waals surface area contributed by atoms with Gasteiger partial charge in [0, 0.05) is 35.3 Å². The second-order valence-electron chi connectivity index (χ2n) is 19.2. The summed E-state index contributed by atoms with van der Waals surface area (Å²) < 4.78 is 6.15. The normalized spacial score (nSPS) is 37.1. The lowest BCUT2D eigenvalue weighted by Crippen LogP contribution is -2.65. The highest BCUT2D eigenvalue weighted by Crippen LogP contribution is 2.75. The fourth-order valence-corrected chi connectivity index (χ4v) is 12.5. The molecule has 4 fully saturated rings. The number of ketones is 1. The molecule has 51 heavy (non-hydrogen) atoms. The van der Waals surface area contributed by atoms with Gasteiger partial charge in [-0.05, 0) is 124 Å². The zero-order chi connectivity index (χ0) is 37.5. The van der Waals surface area contributed by atoms with Crippen molar-refractivity contribution >= 4 is 29.4 Å². The van der Waals surface area contributed by atoms with E-state index < -0.39 is 22.9 Å². The highest BCUT2D eigenvalue weighted by atomic mass is 16.5. The van der Waals surface area contributed by atoms with Gasteiger partial charge in [0.25, 0.3) is 0 Å². The van der Waals surface area contributed by atoms with Crippen molar-refractivity contribution in [2.45, 2.75) is 145 Å². The number of allylic oxidation sites excluding steroid dienone is 1. The number of esters is 1. The summed E-state index contributed by atoms with van der Waals surface area (Å²) in [5.74, 6) is -0.459. The average Bonchev–Trinajstić information content (AvgIpc) is 3.30. The van der Waals surface area contributed by atoms with Crippen molar-refractivity contribution in [1.29, 1.82) is 0 Å². The summed E-state index contributed by atoms with van der Waals surface area (Å²) in [5, 5.41) is 16.0. The third-order valence-electron chi connectivity index (χ3n) is 15.2. The van der Waals surface area contributed by atoms with Crippen LogP contribution in [0.4, 0.5) is 10.5 Å². The molecule has 1 aromatic heterocycles. The molecular weight excluding hydrogens is 642 g/mol. The summed E-state index contributed by atoms with van der Waals surface area (Å²) in [7, 11) is 0. The quantitative estimate of drug-likeness (QED) is 0.191. The van der Waals surface area contributed by atoms with Gasteiger partial charge in [0.15, 0.2) is 0 Å². The largest absolute Gasteiger partial charge is 0.481 e. The molecule has 8 atom stereocenters. The maximum absolute atomic E-state index is 14.0. The molecule has 1 unspecified atom stereocenters. The summed E-state index contributed by atoms with van der Waals surface area (Å²) in [5.41, 5.74) is 1.94. The molecule has 0 radical (unpaired) electrons. The number of nitrogens with zero attached hydrogens (tertiary/aromatic N) is 1. The maximum atomic E-state index is 14.0. The Morgan fingerprint density at radius 1 is 1.02 bits per heavy atom. The van der Waals surface area contributed by atoms with Crippen LogP contribution in [0.1, 0.15) is 132 Å². The molecule has 0 saturated heterocycles. The molecule has 4 saturated carbocycles. The zero-order valence-corrected chi connectivity index (χ0v) is 32.6. The van der Waals surface area contributed by atoms with Crippen molar-refractivity contribution in [3.63, 3.8) is 0 Å². The van der Waals surface area contributed by atoms with Crippen LogP contribution in [0.15, 0.2) is 29.5 Å². The van der Waals surface area contributed by atoms with Crippen LogP contribution in [-0.2, 0) is 19.1 Å². The molecule has 3 N–H and O–H groups in total. The van der Waals surface area contributed by atoms with E-state index in [0.717, 1.165) is 57.1 Å². The van der Waals surface area contributed by atoms with Crippen LogP contribution < -0.4 is 10.6 Å². The van der Waals surface area contributed by atoms with Crippen LogP contribution in [0.5, 0.6) is 0 Å². The SMILES string of the molecule is Cc1cc(NC(=O)N[C@@]23CC[C@]4(C)C(=C2C(C(C)C)C(=O)C3)CC[C@@H]2[C@@]3(C)CC[C@H](OC(=O)CC(C)(C)C(=O)O)C(C)(C)[C@@H]3CC[C@]24C)ccn1. The van der Waals surface area contributed by atoms with Crippen molar-refractivity contribution in [3.8, 4) is 0 Å². The Morgan fingerprint density at radius 2 is 1.73 bits per heavy atom. The minimum atomic E-state index is -1.17. The highest BCUT2D eigenvalue weighted by molar-refractivity contribution is 5.95. The Morgan fingerprint density at radius 3 is 2.37 bits per heavy atom. The molecule has 0 bridgehead atoms. The number of Topliss-reactive ketones (excluding diaryl/α,β-unsaturated/α-hetero) is 1. The molecule has 0 aromatic carbocycles. The van der Waals surface area contributed by atoms with Crippen molar-refractivity contribution in [2.75, 3.05) is 5.32 Å². The first-order valence-corrected chi connectivity index (χ1v) is 19.3. The van der Waals surface area contributed by atoms with Gasteiger partial charge in [0.2, 0.25) is 0 Å². The molecule has 5 aliphatic carbocycles. The molecule has 0 spiro atoms. The number of pyridine rings is 1. The number of aromatic nitrogens is 1. The predicted molar refractivity (Wildman–Crippen MR) is 197 cm³/mol. The van der Waals surface area contributed by atoms with E-state index in [1.165, 1.54) is 11.1 Å². The van der Waals surface area contributed by atoms with Gasteiger partial charge in [0.1, 0.15) is 11.9 Å². The maximum Gasteiger partial charge on any atom is 0.319 e. The second-order valence-corrected chi connectivity index (χ2v) is 19.2. The number of amides is 2. The molecule has 0 aliphatic heterocycles. The number of carboxylic acid groups (broad SMARTS) is 1. The smallest absolute Gasteiger partial charge is 0.319 e. The van der Waals surface area contributed by atoms with Crippen molar-refractivity contribution < 1.29 is 29.0 Å². The summed E-state index contributed by atoms with van der Waals surface area (Å²) in [6.45, 7) is 21.3. The molecule has 6 rings (SSSR count). The van der Waals surface area contributed by atoms with Gasteiger partial charge >= 0.3 is 18.0 Å². The topological polar surface area (TPSA) is 135 Å². The second kappa shape index (κ2) is 12.4. The van der Waals surface area contributed by atoms with Crippen molar-refractivity contribution in [1.82, 2.24) is 10.3 Å².